The molecule has 3 amide bonds. The molecule has 11 heteroatoms. The number of benzene rings is 1. The third-order valence-electron chi connectivity index (χ3n) is 4.66. The summed E-state index contributed by atoms with van der Waals surface area (Å²) in [6.07, 6.45) is -0.515. The Balaban J connectivity index is 2.99. The monoisotopic (exact) mass is 464 g/mol. The van der Waals surface area contributed by atoms with Gasteiger partial charge in [0.05, 0.1) is 12.5 Å². The van der Waals surface area contributed by atoms with E-state index in [4.69, 9.17) is 10.8 Å². The van der Waals surface area contributed by atoms with Crippen LogP contribution >= 0.6 is 0 Å². The lowest BCUT2D eigenvalue weighted by atomic mass is 10.0. The first kappa shape index (κ1) is 27.6. The summed E-state index contributed by atoms with van der Waals surface area (Å²) in [5.74, 6) is -4.98. The normalized spacial score (nSPS) is 14.5. The summed E-state index contributed by atoms with van der Waals surface area (Å²) in [5, 5.41) is 25.8. The van der Waals surface area contributed by atoms with Crippen molar-refractivity contribution >= 4 is 29.7 Å². The Hall–Kier alpha value is -3.47. The van der Waals surface area contributed by atoms with Crippen LogP contribution in [0.15, 0.2) is 30.3 Å². The zero-order valence-corrected chi connectivity index (χ0v) is 18.9. The van der Waals surface area contributed by atoms with E-state index in [2.05, 4.69) is 16.0 Å². The summed E-state index contributed by atoms with van der Waals surface area (Å²) in [6, 6.07) is 3.93. The second-order valence-electron chi connectivity index (χ2n) is 8.23. The van der Waals surface area contributed by atoms with Crippen molar-refractivity contribution in [2.24, 2.45) is 11.7 Å². The fraction of sp³-hybridized carbons (Fsp3) is 0.500. The topological polar surface area (TPSA) is 188 Å². The van der Waals surface area contributed by atoms with Crippen LogP contribution < -0.4 is 21.7 Å². The highest BCUT2D eigenvalue weighted by Gasteiger charge is 2.31. The van der Waals surface area contributed by atoms with Gasteiger partial charge >= 0.3 is 11.9 Å². The summed E-state index contributed by atoms with van der Waals surface area (Å²) in [6.45, 7) is 4.98. The number of hydrogen-bond donors (Lipinski definition) is 6. The molecule has 182 valence electrons. The number of carbonyl (C=O) groups is 5. The lowest BCUT2D eigenvalue weighted by Gasteiger charge is -2.25. The van der Waals surface area contributed by atoms with Crippen molar-refractivity contribution in [2.45, 2.75) is 64.2 Å². The molecule has 4 atom stereocenters. The second kappa shape index (κ2) is 13.2. The Bertz CT molecular complexity index is 842. The molecule has 0 saturated heterocycles. The molecule has 0 aliphatic heterocycles. The van der Waals surface area contributed by atoms with Crippen LogP contribution in [-0.2, 0) is 30.4 Å². The molecule has 0 spiro atoms. The maximum atomic E-state index is 12.9. The predicted molar refractivity (Wildman–Crippen MR) is 119 cm³/mol. The lowest BCUT2D eigenvalue weighted by Crippen LogP contribution is -2.57. The molecule has 0 aromatic heterocycles. The number of carboxylic acid groups (broad SMARTS) is 2. The SMILES string of the molecule is CC(C)CC(NC(=O)C(CC(=O)O)NC(=O)C(C)N)C(=O)NC(Cc1ccccc1)C(=O)O. The largest absolute Gasteiger partial charge is 0.481 e. The number of carboxylic acids is 2. The van der Waals surface area contributed by atoms with Gasteiger partial charge in [-0.05, 0) is 24.8 Å². The zero-order chi connectivity index (χ0) is 25.1. The molecule has 33 heavy (non-hydrogen) atoms. The van der Waals surface area contributed by atoms with E-state index in [1.807, 2.05) is 0 Å². The maximum Gasteiger partial charge on any atom is 0.326 e. The molecule has 7 N–H and O–H groups in total. The number of nitrogens with one attached hydrogen (secondary N) is 3. The highest BCUT2D eigenvalue weighted by molar-refractivity contribution is 5.95. The molecule has 0 fully saturated rings. The molecule has 0 aliphatic carbocycles. The minimum atomic E-state index is -1.46. The van der Waals surface area contributed by atoms with Gasteiger partial charge in [-0.3, -0.25) is 19.2 Å². The van der Waals surface area contributed by atoms with Crippen molar-refractivity contribution in [1.82, 2.24) is 16.0 Å². The number of carbonyl (C=O) groups excluding carboxylic acids is 3. The van der Waals surface area contributed by atoms with Gasteiger partial charge in [0.25, 0.3) is 0 Å². The molecule has 1 rings (SSSR count). The van der Waals surface area contributed by atoms with Crippen LogP contribution in [0.25, 0.3) is 0 Å². The predicted octanol–water partition coefficient (Wildman–Crippen LogP) is -0.364. The highest BCUT2D eigenvalue weighted by Crippen LogP contribution is 2.09. The molecule has 4 unspecified atom stereocenters. The Kier molecular flexibility index (Phi) is 11.0. The van der Waals surface area contributed by atoms with E-state index in [9.17, 15) is 29.1 Å². The summed E-state index contributed by atoms with van der Waals surface area (Å²) in [5.41, 5.74) is 6.17. The lowest BCUT2D eigenvalue weighted by molar-refractivity contribution is -0.143. The number of rotatable bonds is 13. The second-order valence-corrected chi connectivity index (χ2v) is 8.23. The van der Waals surface area contributed by atoms with Crippen molar-refractivity contribution < 1.29 is 34.2 Å². The van der Waals surface area contributed by atoms with Gasteiger partial charge in [0.2, 0.25) is 17.7 Å². The quantitative estimate of drug-likeness (QED) is 0.228. The van der Waals surface area contributed by atoms with E-state index in [1.54, 1.807) is 44.2 Å². The Morgan fingerprint density at radius 1 is 0.818 bits per heavy atom. The molecule has 0 bridgehead atoms. The van der Waals surface area contributed by atoms with Crippen molar-refractivity contribution in [3.63, 3.8) is 0 Å². The zero-order valence-electron chi connectivity index (χ0n) is 18.9. The van der Waals surface area contributed by atoms with E-state index in [1.165, 1.54) is 6.92 Å². The number of aliphatic carboxylic acids is 2. The van der Waals surface area contributed by atoms with Gasteiger partial charge in [0, 0.05) is 6.42 Å². The van der Waals surface area contributed by atoms with Gasteiger partial charge in [0.1, 0.15) is 18.1 Å². The molecule has 0 aliphatic rings. The summed E-state index contributed by atoms with van der Waals surface area (Å²) >= 11 is 0. The van der Waals surface area contributed by atoms with Gasteiger partial charge in [0.15, 0.2) is 0 Å². The molecular formula is C22H32N4O7. The maximum absolute atomic E-state index is 12.9. The van der Waals surface area contributed by atoms with E-state index < -0.39 is 60.2 Å². The van der Waals surface area contributed by atoms with Crippen molar-refractivity contribution in [3.05, 3.63) is 35.9 Å². The standard InChI is InChI=1S/C22H32N4O7/c1-12(2)9-15(25-21(31)16(11-18(27)28)24-19(29)13(3)23)20(30)26-17(22(32)33)10-14-7-5-4-6-8-14/h4-8,12-13,15-17H,9-11,23H2,1-3H3,(H,24,29)(H,25,31)(H,26,30)(H,27,28)(H,32,33). The van der Waals surface area contributed by atoms with E-state index in [0.717, 1.165) is 0 Å². The molecule has 11 nitrogen and oxygen atoms in total. The van der Waals surface area contributed by atoms with Gasteiger partial charge in [-0.25, -0.2) is 4.79 Å². The number of hydrogen-bond acceptors (Lipinski definition) is 6. The van der Waals surface area contributed by atoms with Crippen LogP contribution in [0.5, 0.6) is 0 Å². The van der Waals surface area contributed by atoms with Crippen LogP contribution in [0, 0.1) is 5.92 Å². The summed E-state index contributed by atoms with van der Waals surface area (Å²) in [7, 11) is 0. The minimum absolute atomic E-state index is 0.0380. The minimum Gasteiger partial charge on any atom is -0.481 e. The van der Waals surface area contributed by atoms with E-state index in [-0.39, 0.29) is 18.8 Å². The Morgan fingerprint density at radius 3 is 1.82 bits per heavy atom. The molecule has 1 aromatic rings. The smallest absolute Gasteiger partial charge is 0.326 e. The Labute approximate surface area is 192 Å². The van der Waals surface area contributed by atoms with Gasteiger partial charge in [-0.15, -0.1) is 0 Å². The average molecular weight is 465 g/mol. The van der Waals surface area contributed by atoms with E-state index >= 15 is 0 Å². The van der Waals surface area contributed by atoms with Crippen molar-refractivity contribution in [1.29, 1.82) is 0 Å². The average Bonchev–Trinajstić information content (AvgIpc) is 2.72. The van der Waals surface area contributed by atoms with Gasteiger partial charge in [-0.2, -0.15) is 0 Å². The van der Waals surface area contributed by atoms with Crippen LogP contribution in [0.4, 0.5) is 0 Å². The van der Waals surface area contributed by atoms with Crippen LogP contribution in [0.3, 0.4) is 0 Å². The van der Waals surface area contributed by atoms with Gasteiger partial charge in [-0.1, -0.05) is 44.2 Å². The molecule has 1 aromatic carbocycles. The Morgan fingerprint density at radius 2 is 1.33 bits per heavy atom. The van der Waals surface area contributed by atoms with Crippen LogP contribution in [-0.4, -0.2) is 64.0 Å². The summed E-state index contributed by atoms with van der Waals surface area (Å²) in [4.78, 5) is 60.3. The first-order valence-corrected chi connectivity index (χ1v) is 10.6. The van der Waals surface area contributed by atoms with Crippen LogP contribution in [0.2, 0.25) is 0 Å². The first-order chi connectivity index (χ1) is 15.4. The molecule has 0 heterocycles. The fourth-order valence-corrected chi connectivity index (χ4v) is 2.98. The molecular weight excluding hydrogens is 432 g/mol. The van der Waals surface area contributed by atoms with Gasteiger partial charge < -0.3 is 31.9 Å². The molecule has 0 saturated carbocycles. The summed E-state index contributed by atoms with van der Waals surface area (Å²) < 4.78 is 0. The number of nitrogens with two attached hydrogens (primary N) is 1. The third-order valence-corrected chi connectivity index (χ3v) is 4.66. The van der Waals surface area contributed by atoms with Crippen molar-refractivity contribution in [3.8, 4) is 0 Å². The molecule has 0 radical (unpaired) electrons. The van der Waals surface area contributed by atoms with Crippen molar-refractivity contribution in [2.75, 3.05) is 0 Å². The van der Waals surface area contributed by atoms with E-state index in [0.29, 0.717) is 5.56 Å². The first-order valence-electron chi connectivity index (χ1n) is 10.6. The fourth-order valence-electron chi connectivity index (χ4n) is 2.98. The third kappa shape index (κ3) is 10.1. The number of amides is 3. The van der Waals surface area contributed by atoms with Crippen LogP contribution in [0.1, 0.15) is 39.2 Å². The highest BCUT2D eigenvalue weighted by atomic mass is 16.4.